The predicted molar refractivity (Wildman–Crippen MR) is 173 cm³/mol. The van der Waals surface area contributed by atoms with Crippen molar-refractivity contribution in [1.29, 1.82) is 0 Å². The molecule has 0 radical (unpaired) electrons. The summed E-state index contributed by atoms with van der Waals surface area (Å²) in [4.78, 5) is 0. The second kappa shape index (κ2) is 17.1. The zero-order valence-electron chi connectivity index (χ0n) is 26.9. The van der Waals surface area contributed by atoms with Gasteiger partial charge in [-0.2, -0.15) is 0 Å². The molecule has 0 fully saturated rings. The van der Waals surface area contributed by atoms with Gasteiger partial charge in [-0.3, -0.25) is 9.49 Å². The van der Waals surface area contributed by atoms with Gasteiger partial charge in [0.25, 0.3) is 0 Å². The molecule has 39 heavy (non-hydrogen) atoms. The minimum absolute atomic E-state index is 0. The summed E-state index contributed by atoms with van der Waals surface area (Å²) in [6.45, 7) is 30.4. The predicted octanol–water partition coefficient (Wildman–Crippen LogP) is 13.6. The maximum atomic E-state index is 4.74. The summed E-state index contributed by atoms with van der Waals surface area (Å²) in [6, 6.07) is 13.0. The molecule has 0 aliphatic heterocycles. The molecule has 2 rings (SSSR count). The molecule has 0 N–H and O–H groups in total. The monoisotopic (exact) mass is 606 g/mol. The summed E-state index contributed by atoms with van der Waals surface area (Å²) in [6.07, 6.45) is 0. The van der Waals surface area contributed by atoms with Crippen molar-refractivity contribution in [1.82, 2.24) is 0 Å². The van der Waals surface area contributed by atoms with Crippen LogP contribution in [0.25, 0.3) is 10.2 Å². The minimum Gasteiger partial charge on any atom is -0.590 e. The van der Waals surface area contributed by atoms with E-state index in [0.717, 1.165) is 28.4 Å². The average molecular weight is 607 g/mol. The third-order valence-corrected chi connectivity index (χ3v) is 7.62. The fourth-order valence-corrected chi connectivity index (χ4v) is 4.92. The van der Waals surface area contributed by atoms with Gasteiger partial charge in [0.15, 0.2) is 0 Å². The third kappa shape index (κ3) is 14.0. The van der Waals surface area contributed by atoms with Crippen LogP contribution in [-0.2, 0) is 17.4 Å². The second-order valence-electron chi connectivity index (χ2n) is 13.1. The van der Waals surface area contributed by atoms with E-state index in [4.69, 9.17) is 9.49 Å². The maximum Gasteiger partial charge on any atom is 2.00 e. The molecule has 4 nitrogen and oxygen atoms in total. The fraction of sp³-hybridized carbons (Fsp3) is 0.625. The Kier molecular flexibility index (Phi) is 16.7. The van der Waals surface area contributed by atoms with Crippen LogP contribution in [0.3, 0.4) is 0 Å². The molecule has 0 unspecified atom stereocenters. The van der Waals surface area contributed by atoms with E-state index in [-0.39, 0.29) is 28.4 Å². The van der Waals surface area contributed by atoms with E-state index < -0.39 is 0 Å². The Labute approximate surface area is 255 Å². The van der Waals surface area contributed by atoms with Crippen molar-refractivity contribution < 1.29 is 17.4 Å². The van der Waals surface area contributed by atoms with Gasteiger partial charge in [0.1, 0.15) is 0 Å². The topological polar surface area (TPSA) is 52.9 Å². The Hall–Kier alpha value is -0.908. The van der Waals surface area contributed by atoms with Gasteiger partial charge in [-0.15, -0.1) is 28.1 Å². The SMILES string of the molecule is CC(C)c1cccc(C(C)C)c1N=P[N-]C(C)(C)C.CC(C)c1cccc(C(C)C)c1N=P[N-]C(C)(C)C.[Cr+2]. The van der Waals surface area contributed by atoms with Crippen molar-refractivity contribution in [3.63, 3.8) is 0 Å². The molecule has 0 aliphatic rings. The molecule has 0 aromatic heterocycles. The van der Waals surface area contributed by atoms with Crippen LogP contribution in [0.4, 0.5) is 11.4 Å². The van der Waals surface area contributed by atoms with Gasteiger partial charge in [0.05, 0.1) is 11.4 Å². The van der Waals surface area contributed by atoms with Crippen molar-refractivity contribution in [2.45, 2.75) is 132 Å². The third-order valence-electron chi connectivity index (χ3n) is 5.66. The standard InChI is InChI=1S/2C16H26N2P.Cr/c2*1-11(2)13-9-8-10-14(12(3)4)15(13)17-19-18-16(5,6)7;/h2*8-12H,1-7H3;/q2*-1;+2. The van der Waals surface area contributed by atoms with Gasteiger partial charge in [0.2, 0.25) is 0 Å². The van der Waals surface area contributed by atoms with E-state index >= 15 is 0 Å². The van der Waals surface area contributed by atoms with Crippen LogP contribution in [-0.4, -0.2) is 11.1 Å². The van der Waals surface area contributed by atoms with E-state index in [9.17, 15) is 0 Å². The molecule has 0 heterocycles. The van der Waals surface area contributed by atoms with Gasteiger partial charge in [-0.05, 0) is 45.9 Å². The fourth-order valence-electron chi connectivity index (χ4n) is 3.66. The van der Waals surface area contributed by atoms with Crippen molar-refractivity contribution in [3.8, 4) is 0 Å². The molecule has 0 aliphatic carbocycles. The average Bonchev–Trinajstić information content (AvgIpc) is 2.77. The first-order valence-electron chi connectivity index (χ1n) is 14.0. The number of hydrogen-bond acceptors (Lipinski definition) is 2. The van der Waals surface area contributed by atoms with E-state index in [1.54, 1.807) is 0 Å². The van der Waals surface area contributed by atoms with Gasteiger partial charge < -0.3 is 10.2 Å². The molecule has 2 aromatic carbocycles. The van der Waals surface area contributed by atoms with Crippen molar-refractivity contribution in [3.05, 3.63) is 68.8 Å². The molecule has 216 valence electrons. The zero-order chi connectivity index (χ0) is 29.3. The Morgan fingerprint density at radius 1 is 0.513 bits per heavy atom. The van der Waals surface area contributed by atoms with E-state index in [1.807, 2.05) is 0 Å². The Morgan fingerprint density at radius 3 is 0.923 bits per heavy atom. The van der Waals surface area contributed by atoms with Gasteiger partial charge in [-0.25, -0.2) is 0 Å². The van der Waals surface area contributed by atoms with E-state index in [1.165, 1.54) is 22.3 Å². The Morgan fingerprint density at radius 2 is 0.744 bits per heavy atom. The smallest absolute Gasteiger partial charge is 0.590 e. The summed E-state index contributed by atoms with van der Waals surface area (Å²) in [5.74, 6) is 1.95. The molecule has 7 heteroatoms. The molecule has 0 saturated heterocycles. The largest absolute Gasteiger partial charge is 2.00 e. The van der Waals surface area contributed by atoms with Crippen LogP contribution in [0.5, 0.6) is 0 Å². The normalized spacial score (nSPS) is 12.6. The van der Waals surface area contributed by atoms with Gasteiger partial charge in [0, 0.05) is 0 Å². The van der Waals surface area contributed by atoms with Crippen molar-refractivity contribution >= 4 is 28.4 Å². The van der Waals surface area contributed by atoms with Crippen LogP contribution in [0, 0.1) is 0 Å². The summed E-state index contributed by atoms with van der Waals surface area (Å²) in [5.41, 5.74) is 7.51. The van der Waals surface area contributed by atoms with Gasteiger partial charge in [-0.1, -0.05) is 133 Å². The first kappa shape index (κ1) is 38.1. The van der Waals surface area contributed by atoms with Crippen molar-refractivity contribution in [2.75, 3.05) is 0 Å². The summed E-state index contributed by atoms with van der Waals surface area (Å²) in [7, 11) is 1.62. The number of hydrogen-bond donors (Lipinski definition) is 0. The van der Waals surface area contributed by atoms with Crippen LogP contribution in [0.15, 0.2) is 45.9 Å². The quantitative estimate of drug-likeness (QED) is 0.269. The summed E-state index contributed by atoms with van der Waals surface area (Å²) < 4.78 is 9.48. The van der Waals surface area contributed by atoms with Crippen molar-refractivity contribution in [2.24, 2.45) is 9.49 Å². The zero-order valence-corrected chi connectivity index (χ0v) is 29.9. The maximum absolute atomic E-state index is 4.74. The molecular formula is C32H52CrN4P2. The Bertz CT molecular complexity index is 925. The number of rotatable bonds is 8. The van der Waals surface area contributed by atoms with Crippen LogP contribution in [0.1, 0.15) is 143 Å². The van der Waals surface area contributed by atoms with Crippen LogP contribution in [0.2, 0.25) is 0 Å². The molecule has 0 spiro atoms. The summed E-state index contributed by atoms with van der Waals surface area (Å²) in [5, 5.41) is 9.12. The number of nitrogens with zero attached hydrogens (tertiary/aromatic N) is 4. The molecule has 0 atom stereocenters. The van der Waals surface area contributed by atoms with E-state index in [2.05, 4.69) is 144 Å². The van der Waals surface area contributed by atoms with Crippen LogP contribution >= 0.6 is 17.0 Å². The first-order chi connectivity index (χ1) is 17.4. The minimum atomic E-state index is -0.0319. The molecule has 0 saturated carbocycles. The Balaban J connectivity index is 0.000000722. The van der Waals surface area contributed by atoms with E-state index in [0.29, 0.717) is 23.7 Å². The molecule has 0 bridgehead atoms. The molecular weight excluding hydrogens is 554 g/mol. The van der Waals surface area contributed by atoms with Gasteiger partial charge >= 0.3 is 17.4 Å². The van der Waals surface area contributed by atoms with Crippen LogP contribution < -0.4 is 0 Å². The molecule has 0 amide bonds. The first-order valence-corrected chi connectivity index (χ1v) is 15.6. The molecule has 2 aromatic rings. The summed E-state index contributed by atoms with van der Waals surface area (Å²) >= 11 is 0. The second-order valence-corrected chi connectivity index (χ2v) is 14.3. The number of benzene rings is 2.